The van der Waals surface area contributed by atoms with Gasteiger partial charge in [0.05, 0.1) is 0 Å². The van der Waals surface area contributed by atoms with E-state index in [0.29, 0.717) is 0 Å². The van der Waals surface area contributed by atoms with Crippen LogP contribution in [0.2, 0.25) is 0 Å². The molecule has 0 aliphatic heterocycles. The minimum atomic E-state index is 0.211. The van der Waals surface area contributed by atoms with Crippen LogP contribution >= 0.6 is 27.7 Å². The third-order valence-corrected chi connectivity index (χ3v) is 4.58. The minimum absolute atomic E-state index is 0.211. The van der Waals surface area contributed by atoms with Gasteiger partial charge in [0.2, 0.25) is 0 Å². The number of hydrogen-bond donors (Lipinski definition) is 2. The summed E-state index contributed by atoms with van der Waals surface area (Å²) in [6, 6.07) is 10.4. The molecule has 1 aromatic heterocycles. The monoisotopic (exact) mass is 351 g/mol. The van der Waals surface area contributed by atoms with Crippen molar-refractivity contribution in [3.05, 3.63) is 52.8 Å². The number of rotatable bonds is 6. The quantitative estimate of drug-likeness (QED) is 0.775. The Hall–Kier alpha value is -1.04. The molecule has 0 radical (unpaired) electrons. The number of nitrogens with zero attached hydrogens (tertiary/aromatic N) is 1. The van der Waals surface area contributed by atoms with Crippen LogP contribution < -0.4 is 11.1 Å². The summed E-state index contributed by atoms with van der Waals surface area (Å²) in [7, 11) is 0. The van der Waals surface area contributed by atoms with Gasteiger partial charge in [-0.2, -0.15) is 0 Å². The third kappa shape index (κ3) is 4.23. The molecule has 3 N–H and O–H groups in total. The van der Waals surface area contributed by atoms with Crippen molar-refractivity contribution in [1.82, 2.24) is 10.3 Å². The van der Waals surface area contributed by atoms with Crippen LogP contribution in [0.3, 0.4) is 0 Å². The normalized spacial score (nSPS) is 12.3. The van der Waals surface area contributed by atoms with Gasteiger partial charge in [-0.3, -0.25) is 4.98 Å². The third-order valence-electron chi connectivity index (χ3n) is 2.94. The summed E-state index contributed by atoms with van der Waals surface area (Å²) in [5, 5.41) is 3.47. The van der Waals surface area contributed by atoms with Crippen molar-refractivity contribution in [1.29, 1.82) is 0 Å². The zero-order chi connectivity index (χ0) is 14.4. The SMILES string of the molecule is CCNC(CSc1ccc(Br)cc1)c1cnccc1N. The lowest BCUT2D eigenvalue weighted by Crippen LogP contribution is -2.24. The first kappa shape index (κ1) is 15.4. The second kappa shape index (κ2) is 7.67. The van der Waals surface area contributed by atoms with Crippen molar-refractivity contribution < 1.29 is 0 Å². The maximum absolute atomic E-state index is 6.05. The lowest BCUT2D eigenvalue weighted by atomic mass is 10.1. The van der Waals surface area contributed by atoms with Gasteiger partial charge in [-0.05, 0) is 36.9 Å². The molecule has 0 saturated carbocycles. The Bertz CT molecular complexity index is 545. The predicted molar refractivity (Wildman–Crippen MR) is 89.9 cm³/mol. The second-order valence-electron chi connectivity index (χ2n) is 4.38. The number of benzene rings is 1. The topological polar surface area (TPSA) is 50.9 Å². The largest absolute Gasteiger partial charge is 0.398 e. The van der Waals surface area contributed by atoms with E-state index in [9.17, 15) is 0 Å². The highest BCUT2D eigenvalue weighted by molar-refractivity contribution is 9.10. The summed E-state index contributed by atoms with van der Waals surface area (Å²) >= 11 is 5.26. The highest BCUT2D eigenvalue weighted by atomic mass is 79.9. The summed E-state index contributed by atoms with van der Waals surface area (Å²) < 4.78 is 1.10. The van der Waals surface area contributed by atoms with Crippen molar-refractivity contribution in [3.63, 3.8) is 0 Å². The number of hydrogen-bond acceptors (Lipinski definition) is 4. The van der Waals surface area contributed by atoms with Gasteiger partial charge in [-0.15, -0.1) is 11.8 Å². The van der Waals surface area contributed by atoms with Crippen LogP contribution in [-0.2, 0) is 0 Å². The van der Waals surface area contributed by atoms with E-state index in [2.05, 4.69) is 57.4 Å². The minimum Gasteiger partial charge on any atom is -0.398 e. The Labute approximate surface area is 132 Å². The number of halogens is 1. The summed E-state index contributed by atoms with van der Waals surface area (Å²) in [5.41, 5.74) is 7.91. The van der Waals surface area contributed by atoms with E-state index in [-0.39, 0.29) is 6.04 Å². The lowest BCUT2D eigenvalue weighted by Gasteiger charge is -2.19. The average Bonchev–Trinajstić information content (AvgIpc) is 2.46. The number of thioether (sulfide) groups is 1. The molecule has 5 heteroatoms. The van der Waals surface area contributed by atoms with Crippen molar-refractivity contribution in [2.24, 2.45) is 0 Å². The maximum atomic E-state index is 6.05. The van der Waals surface area contributed by atoms with Crippen LogP contribution in [0, 0.1) is 0 Å². The molecule has 0 saturated heterocycles. The number of pyridine rings is 1. The van der Waals surface area contributed by atoms with Crippen molar-refractivity contribution >= 4 is 33.4 Å². The second-order valence-corrected chi connectivity index (χ2v) is 6.39. The molecule has 20 heavy (non-hydrogen) atoms. The van der Waals surface area contributed by atoms with Gasteiger partial charge in [-0.1, -0.05) is 22.9 Å². The van der Waals surface area contributed by atoms with Crippen LogP contribution in [0.5, 0.6) is 0 Å². The first-order chi connectivity index (χ1) is 9.70. The highest BCUT2D eigenvalue weighted by Gasteiger charge is 2.13. The van der Waals surface area contributed by atoms with E-state index in [4.69, 9.17) is 5.73 Å². The Balaban J connectivity index is 2.06. The molecule has 1 heterocycles. The van der Waals surface area contributed by atoms with E-state index < -0.39 is 0 Å². The smallest absolute Gasteiger partial charge is 0.0451 e. The summed E-state index contributed by atoms with van der Waals surface area (Å²) in [5.74, 6) is 0.922. The molecule has 1 aromatic carbocycles. The highest BCUT2D eigenvalue weighted by Crippen LogP contribution is 2.27. The first-order valence-electron chi connectivity index (χ1n) is 6.52. The number of nitrogens with one attached hydrogen (secondary N) is 1. The van der Waals surface area contributed by atoms with E-state index in [0.717, 1.165) is 28.0 Å². The number of aromatic nitrogens is 1. The van der Waals surface area contributed by atoms with Crippen LogP contribution in [0.25, 0.3) is 0 Å². The van der Waals surface area contributed by atoms with Gasteiger partial charge < -0.3 is 11.1 Å². The Morgan fingerprint density at radius 3 is 2.70 bits per heavy atom. The molecular weight excluding hydrogens is 334 g/mol. The number of nitrogen functional groups attached to an aromatic ring is 1. The van der Waals surface area contributed by atoms with Crippen molar-refractivity contribution in [2.45, 2.75) is 17.9 Å². The fraction of sp³-hybridized carbons (Fsp3) is 0.267. The summed E-state index contributed by atoms with van der Waals surface area (Å²) in [6.45, 7) is 3.00. The lowest BCUT2D eigenvalue weighted by molar-refractivity contribution is 0.605. The molecule has 1 unspecified atom stereocenters. The molecule has 0 bridgehead atoms. The number of anilines is 1. The van der Waals surface area contributed by atoms with Crippen molar-refractivity contribution in [2.75, 3.05) is 18.0 Å². The zero-order valence-corrected chi connectivity index (χ0v) is 13.7. The fourth-order valence-corrected chi connectivity index (χ4v) is 3.17. The fourth-order valence-electron chi connectivity index (χ4n) is 1.92. The average molecular weight is 352 g/mol. The standard InChI is InChI=1S/C15H18BrN3S/c1-2-19-15(13-9-18-8-7-14(13)17)10-20-12-5-3-11(16)4-6-12/h3-9,15,19H,2,10H2,1H3,(H2,17,18). The Morgan fingerprint density at radius 1 is 1.30 bits per heavy atom. The van der Waals surface area contributed by atoms with Crippen LogP contribution in [0.1, 0.15) is 18.5 Å². The maximum Gasteiger partial charge on any atom is 0.0451 e. The molecule has 3 nitrogen and oxygen atoms in total. The molecule has 2 aromatic rings. The molecule has 0 aliphatic carbocycles. The molecule has 0 amide bonds. The van der Waals surface area contributed by atoms with E-state index in [1.54, 1.807) is 6.20 Å². The molecule has 0 aliphatic rings. The molecule has 2 rings (SSSR count). The Morgan fingerprint density at radius 2 is 2.05 bits per heavy atom. The van der Waals surface area contributed by atoms with E-state index in [1.165, 1.54) is 4.90 Å². The summed E-state index contributed by atoms with van der Waals surface area (Å²) in [6.07, 6.45) is 3.58. The van der Waals surface area contributed by atoms with E-state index in [1.807, 2.05) is 24.0 Å². The molecule has 0 fully saturated rings. The van der Waals surface area contributed by atoms with Gasteiger partial charge in [0.1, 0.15) is 0 Å². The zero-order valence-electron chi connectivity index (χ0n) is 11.3. The van der Waals surface area contributed by atoms with Gasteiger partial charge in [0.15, 0.2) is 0 Å². The summed E-state index contributed by atoms with van der Waals surface area (Å²) in [4.78, 5) is 5.43. The van der Waals surface area contributed by atoms with Crippen LogP contribution in [0.15, 0.2) is 52.1 Å². The van der Waals surface area contributed by atoms with Gasteiger partial charge >= 0.3 is 0 Å². The van der Waals surface area contributed by atoms with Crippen LogP contribution in [-0.4, -0.2) is 17.3 Å². The van der Waals surface area contributed by atoms with Gasteiger partial charge in [0.25, 0.3) is 0 Å². The number of nitrogens with two attached hydrogens (primary N) is 1. The predicted octanol–water partition coefficient (Wildman–Crippen LogP) is 3.87. The van der Waals surface area contributed by atoms with Crippen molar-refractivity contribution in [3.8, 4) is 0 Å². The molecule has 0 spiro atoms. The molecule has 1 atom stereocenters. The van der Waals surface area contributed by atoms with Gasteiger partial charge in [-0.25, -0.2) is 0 Å². The van der Waals surface area contributed by atoms with E-state index >= 15 is 0 Å². The van der Waals surface area contributed by atoms with Crippen LogP contribution in [0.4, 0.5) is 5.69 Å². The van der Waals surface area contributed by atoms with Gasteiger partial charge in [0, 0.05) is 44.8 Å². The Kier molecular flexibility index (Phi) is 5.88. The molecule has 106 valence electrons. The first-order valence-corrected chi connectivity index (χ1v) is 8.29. The molecular formula is C15H18BrN3S.